The predicted molar refractivity (Wildman–Crippen MR) is 67.6 cm³/mol. The van der Waals surface area contributed by atoms with Crippen molar-refractivity contribution in [1.29, 1.82) is 0 Å². The van der Waals surface area contributed by atoms with Gasteiger partial charge in [0.25, 0.3) is 0 Å². The van der Waals surface area contributed by atoms with E-state index in [0.29, 0.717) is 5.69 Å². The Labute approximate surface area is 103 Å². The maximum atomic E-state index is 9.79. The highest BCUT2D eigenvalue weighted by atomic mass is 16.3. The van der Waals surface area contributed by atoms with Crippen LogP contribution >= 0.6 is 0 Å². The van der Waals surface area contributed by atoms with E-state index < -0.39 is 6.10 Å². The van der Waals surface area contributed by atoms with Crippen LogP contribution in [0.2, 0.25) is 0 Å². The van der Waals surface area contributed by atoms with Crippen molar-refractivity contribution in [3.05, 3.63) is 18.2 Å². The topological polar surface area (TPSA) is 58.3 Å². The van der Waals surface area contributed by atoms with Crippen molar-refractivity contribution >= 4 is 0 Å². The van der Waals surface area contributed by atoms with Gasteiger partial charge >= 0.3 is 0 Å². The van der Waals surface area contributed by atoms with E-state index in [9.17, 15) is 5.11 Å². The number of hydrogen-bond acceptors (Lipinski definition) is 3. The molecule has 2 atom stereocenters. The molecule has 1 heterocycles. The summed E-state index contributed by atoms with van der Waals surface area (Å²) >= 11 is 0. The second kappa shape index (κ2) is 7.45. The minimum absolute atomic E-state index is 0.0463. The van der Waals surface area contributed by atoms with Gasteiger partial charge < -0.3 is 14.8 Å². The Balaban J connectivity index is 2.53. The van der Waals surface area contributed by atoms with Crippen LogP contribution in [-0.4, -0.2) is 25.9 Å². The fourth-order valence-corrected chi connectivity index (χ4v) is 2.06. The first-order chi connectivity index (χ1) is 8.19. The Hall–Kier alpha value is -0.870. The summed E-state index contributed by atoms with van der Waals surface area (Å²) in [6.45, 7) is 3.95. The van der Waals surface area contributed by atoms with E-state index in [4.69, 9.17) is 5.11 Å². The molecular weight excluding hydrogens is 216 g/mol. The highest BCUT2D eigenvalue weighted by molar-refractivity contribution is 4.96. The molecule has 0 spiro atoms. The first kappa shape index (κ1) is 14.2. The van der Waals surface area contributed by atoms with Gasteiger partial charge in [0.2, 0.25) is 0 Å². The molecule has 0 aliphatic rings. The van der Waals surface area contributed by atoms with E-state index in [2.05, 4.69) is 11.9 Å². The van der Waals surface area contributed by atoms with Crippen molar-refractivity contribution in [2.45, 2.75) is 64.7 Å². The van der Waals surface area contributed by atoms with Gasteiger partial charge in [-0.2, -0.15) is 0 Å². The summed E-state index contributed by atoms with van der Waals surface area (Å²) in [7, 11) is 0. The smallest absolute Gasteiger partial charge is 0.0953 e. The van der Waals surface area contributed by atoms with Crippen molar-refractivity contribution in [3.63, 3.8) is 0 Å². The molecule has 0 bridgehead atoms. The molecule has 17 heavy (non-hydrogen) atoms. The maximum absolute atomic E-state index is 9.79. The number of imidazole rings is 1. The highest BCUT2D eigenvalue weighted by Gasteiger charge is 2.16. The third-order valence-electron chi connectivity index (χ3n) is 3.11. The van der Waals surface area contributed by atoms with Crippen LogP contribution in [0.1, 0.15) is 57.7 Å². The van der Waals surface area contributed by atoms with Gasteiger partial charge in [-0.25, -0.2) is 4.98 Å². The number of aliphatic hydroxyl groups excluding tert-OH is 2. The monoisotopic (exact) mass is 240 g/mol. The van der Waals surface area contributed by atoms with Crippen LogP contribution in [-0.2, 0) is 6.61 Å². The summed E-state index contributed by atoms with van der Waals surface area (Å²) in [6, 6.07) is 0.0691. The van der Waals surface area contributed by atoms with Crippen LogP contribution in [0.4, 0.5) is 0 Å². The van der Waals surface area contributed by atoms with Gasteiger partial charge in [-0.15, -0.1) is 0 Å². The molecule has 0 unspecified atom stereocenters. The molecule has 0 fully saturated rings. The fraction of sp³-hybridized carbons (Fsp3) is 0.769. The number of nitrogens with zero attached hydrogens (tertiary/aromatic N) is 2. The fourth-order valence-electron chi connectivity index (χ4n) is 2.06. The number of aliphatic hydroxyl groups is 2. The zero-order valence-corrected chi connectivity index (χ0v) is 10.8. The Morgan fingerprint density at radius 1 is 1.35 bits per heavy atom. The molecule has 2 N–H and O–H groups in total. The third-order valence-corrected chi connectivity index (χ3v) is 3.11. The summed E-state index contributed by atoms with van der Waals surface area (Å²) in [6.07, 6.45) is 8.88. The normalized spacial score (nSPS) is 14.8. The van der Waals surface area contributed by atoms with E-state index in [1.54, 1.807) is 6.33 Å². The summed E-state index contributed by atoms with van der Waals surface area (Å²) in [5.74, 6) is 0. The Kier molecular flexibility index (Phi) is 6.22. The lowest BCUT2D eigenvalue weighted by Crippen LogP contribution is -2.20. The van der Waals surface area contributed by atoms with Crippen molar-refractivity contribution in [2.75, 3.05) is 0 Å². The van der Waals surface area contributed by atoms with Crippen LogP contribution in [0.15, 0.2) is 12.5 Å². The number of aromatic nitrogens is 2. The van der Waals surface area contributed by atoms with E-state index >= 15 is 0 Å². The molecule has 0 amide bonds. The minimum Gasteiger partial charge on any atom is -0.391 e. The van der Waals surface area contributed by atoms with Crippen LogP contribution in [0.25, 0.3) is 0 Å². The predicted octanol–water partition coefficient (Wildman–Crippen LogP) is 2.27. The molecule has 1 aromatic rings. The van der Waals surface area contributed by atoms with E-state index in [0.717, 1.165) is 12.8 Å². The van der Waals surface area contributed by atoms with Crippen molar-refractivity contribution in [3.8, 4) is 0 Å². The van der Waals surface area contributed by atoms with Crippen LogP contribution in [0.5, 0.6) is 0 Å². The quantitative estimate of drug-likeness (QED) is 0.685. The highest BCUT2D eigenvalue weighted by Crippen LogP contribution is 2.20. The standard InChI is InChI=1S/C13H24N2O2/c1-3-4-5-6-7-13(11(2)17)15-8-12(9-16)14-10-15/h8,10-11,13,16-17H,3-7,9H2,1-2H3/t11-,13+/m0/s1. The molecule has 0 aliphatic carbocycles. The van der Waals surface area contributed by atoms with Gasteiger partial charge in [-0.05, 0) is 13.3 Å². The second-order valence-corrected chi connectivity index (χ2v) is 4.63. The number of unbranched alkanes of at least 4 members (excludes halogenated alkanes) is 3. The lowest BCUT2D eigenvalue weighted by Gasteiger charge is -2.21. The Morgan fingerprint density at radius 2 is 2.12 bits per heavy atom. The molecule has 0 radical (unpaired) electrons. The molecule has 0 aromatic carbocycles. The first-order valence-electron chi connectivity index (χ1n) is 6.50. The average Bonchev–Trinajstić information content (AvgIpc) is 2.77. The van der Waals surface area contributed by atoms with E-state index in [1.165, 1.54) is 19.3 Å². The third kappa shape index (κ3) is 4.48. The molecule has 0 saturated carbocycles. The summed E-state index contributed by atoms with van der Waals surface area (Å²) in [5.41, 5.74) is 0.657. The van der Waals surface area contributed by atoms with E-state index in [-0.39, 0.29) is 12.6 Å². The van der Waals surface area contributed by atoms with Gasteiger partial charge in [-0.1, -0.05) is 32.6 Å². The first-order valence-corrected chi connectivity index (χ1v) is 6.50. The molecular formula is C13H24N2O2. The maximum Gasteiger partial charge on any atom is 0.0953 e. The minimum atomic E-state index is -0.391. The summed E-state index contributed by atoms with van der Waals surface area (Å²) in [5, 5.41) is 18.8. The van der Waals surface area contributed by atoms with Crippen molar-refractivity contribution in [1.82, 2.24) is 9.55 Å². The summed E-state index contributed by atoms with van der Waals surface area (Å²) in [4.78, 5) is 4.08. The molecule has 4 heteroatoms. The van der Waals surface area contributed by atoms with Gasteiger partial charge in [0.05, 0.1) is 30.8 Å². The Morgan fingerprint density at radius 3 is 2.65 bits per heavy atom. The average molecular weight is 240 g/mol. The lowest BCUT2D eigenvalue weighted by atomic mass is 10.0. The molecule has 0 saturated heterocycles. The molecule has 1 rings (SSSR count). The van der Waals surface area contributed by atoms with Crippen LogP contribution in [0, 0.1) is 0 Å². The van der Waals surface area contributed by atoms with Crippen molar-refractivity contribution < 1.29 is 10.2 Å². The lowest BCUT2D eigenvalue weighted by molar-refractivity contribution is 0.122. The van der Waals surface area contributed by atoms with E-state index in [1.807, 2.05) is 17.7 Å². The number of rotatable bonds is 8. The Bertz CT molecular complexity index is 310. The van der Waals surface area contributed by atoms with Crippen molar-refractivity contribution in [2.24, 2.45) is 0 Å². The SMILES string of the molecule is CCCCCC[C@H]([C@H](C)O)n1cnc(CO)c1. The van der Waals surface area contributed by atoms with Gasteiger partial charge in [0.1, 0.15) is 0 Å². The van der Waals surface area contributed by atoms with Gasteiger partial charge in [0, 0.05) is 6.20 Å². The molecule has 98 valence electrons. The molecule has 1 aromatic heterocycles. The molecule has 4 nitrogen and oxygen atoms in total. The zero-order chi connectivity index (χ0) is 12.7. The van der Waals surface area contributed by atoms with Gasteiger partial charge in [-0.3, -0.25) is 0 Å². The second-order valence-electron chi connectivity index (χ2n) is 4.63. The molecule has 0 aliphatic heterocycles. The van der Waals surface area contributed by atoms with Crippen LogP contribution < -0.4 is 0 Å². The summed E-state index contributed by atoms with van der Waals surface area (Å²) < 4.78 is 1.92. The zero-order valence-electron chi connectivity index (χ0n) is 10.8. The van der Waals surface area contributed by atoms with Crippen LogP contribution in [0.3, 0.4) is 0 Å². The number of hydrogen-bond donors (Lipinski definition) is 2. The largest absolute Gasteiger partial charge is 0.391 e. The van der Waals surface area contributed by atoms with Gasteiger partial charge in [0.15, 0.2) is 0 Å².